The normalized spacial score (nSPS) is 19.8. The van der Waals surface area contributed by atoms with Gasteiger partial charge in [-0.05, 0) is 38.0 Å². The Kier molecular flexibility index (Phi) is 3.43. The largest absolute Gasteiger partial charge is 0.418 e. The fraction of sp³-hybridized carbons (Fsp3) is 0.462. The van der Waals surface area contributed by atoms with Gasteiger partial charge in [-0.15, -0.1) is 0 Å². The molecule has 1 amide bonds. The number of likely N-dealkylation sites (tertiary alicyclic amines) is 1. The molecule has 104 valence electrons. The average molecular weight is 272 g/mol. The zero-order valence-electron chi connectivity index (χ0n) is 10.5. The molecular formula is C13H15F3N2O. The number of benzene rings is 1. The van der Waals surface area contributed by atoms with Crippen molar-refractivity contribution in [3.8, 4) is 0 Å². The smallest absolute Gasteiger partial charge is 0.398 e. The molecule has 2 rings (SSSR count). The van der Waals surface area contributed by atoms with E-state index in [1.807, 2.05) is 6.92 Å². The van der Waals surface area contributed by atoms with Crippen LogP contribution < -0.4 is 5.73 Å². The Bertz CT molecular complexity index is 499. The molecule has 1 aromatic carbocycles. The van der Waals surface area contributed by atoms with Gasteiger partial charge in [-0.2, -0.15) is 13.2 Å². The zero-order valence-corrected chi connectivity index (χ0v) is 10.5. The van der Waals surface area contributed by atoms with E-state index in [0.29, 0.717) is 6.54 Å². The van der Waals surface area contributed by atoms with Gasteiger partial charge in [0.2, 0.25) is 0 Å². The second-order valence-electron chi connectivity index (χ2n) is 4.79. The van der Waals surface area contributed by atoms with Gasteiger partial charge in [-0.1, -0.05) is 0 Å². The third kappa shape index (κ3) is 2.67. The Balaban J connectivity index is 2.27. The molecule has 0 spiro atoms. The Morgan fingerprint density at radius 2 is 2.11 bits per heavy atom. The minimum Gasteiger partial charge on any atom is -0.398 e. The summed E-state index contributed by atoms with van der Waals surface area (Å²) in [6, 6.07) is 3.28. The summed E-state index contributed by atoms with van der Waals surface area (Å²) in [5.41, 5.74) is 4.28. The highest BCUT2D eigenvalue weighted by molar-refractivity contribution is 5.95. The van der Waals surface area contributed by atoms with Crippen LogP contribution in [0.25, 0.3) is 0 Å². The fourth-order valence-electron chi connectivity index (χ4n) is 2.35. The van der Waals surface area contributed by atoms with Crippen molar-refractivity contribution in [2.24, 2.45) is 0 Å². The summed E-state index contributed by atoms with van der Waals surface area (Å²) in [6.07, 6.45) is -2.66. The summed E-state index contributed by atoms with van der Waals surface area (Å²) in [7, 11) is 0. The zero-order chi connectivity index (χ0) is 14.2. The van der Waals surface area contributed by atoms with Crippen LogP contribution in [0.15, 0.2) is 18.2 Å². The van der Waals surface area contributed by atoms with Gasteiger partial charge in [0, 0.05) is 23.8 Å². The Morgan fingerprint density at radius 1 is 1.42 bits per heavy atom. The monoisotopic (exact) mass is 272 g/mol. The van der Waals surface area contributed by atoms with E-state index in [4.69, 9.17) is 5.73 Å². The molecule has 1 fully saturated rings. The molecule has 0 radical (unpaired) electrons. The van der Waals surface area contributed by atoms with E-state index >= 15 is 0 Å². The lowest BCUT2D eigenvalue weighted by atomic mass is 10.1. The molecule has 1 aliphatic rings. The van der Waals surface area contributed by atoms with Crippen molar-refractivity contribution in [2.45, 2.75) is 32.0 Å². The summed E-state index contributed by atoms with van der Waals surface area (Å²) >= 11 is 0. The van der Waals surface area contributed by atoms with Crippen LogP contribution in [0.3, 0.4) is 0 Å². The summed E-state index contributed by atoms with van der Waals surface area (Å²) < 4.78 is 37.7. The third-order valence-electron chi connectivity index (χ3n) is 3.42. The van der Waals surface area contributed by atoms with Crippen LogP contribution in [-0.2, 0) is 6.18 Å². The number of alkyl halides is 3. The maximum absolute atomic E-state index is 12.6. The molecule has 6 heteroatoms. The Labute approximate surface area is 109 Å². The van der Waals surface area contributed by atoms with Crippen LogP contribution in [0.2, 0.25) is 0 Å². The lowest BCUT2D eigenvalue weighted by Crippen LogP contribution is -2.33. The van der Waals surface area contributed by atoms with E-state index in [9.17, 15) is 18.0 Å². The minimum absolute atomic E-state index is 0.121. The van der Waals surface area contributed by atoms with E-state index in [2.05, 4.69) is 0 Å². The molecule has 1 heterocycles. The number of nitrogens with two attached hydrogens (primary N) is 1. The number of hydrogen-bond acceptors (Lipinski definition) is 2. The lowest BCUT2D eigenvalue weighted by Gasteiger charge is -2.22. The van der Waals surface area contributed by atoms with Crippen molar-refractivity contribution in [3.63, 3.8) is 0 Å². The highest BCUT2D eigenvalue weighted by atomic mass is 19.4. The van der Waals surface area contributed by atoms with Crippen molar-refractivity contribution in [1.29, 1.82) is 0 Å². The van der Waals surface area contributed by atoms with E-state index in [1.54, 1.807) is 4.90 Å². The standard InChI is InChI=1S/C13H15F3N2O/c1-8-3-2-6-18(8)12(19)9-4-5-10(11(17)7-9)13(14,15)16/h4-5,7-8H,2-3,6,17H2,1H3. The lowest BCUT2D eigenvalue weighted by molar-refractivity contribution is -0.136. The van der Waals surface area contributed by atoms with E-state index in [1.165, 1.54) is 6.07 Å². The van der Waals surface area contributed by atoms with Crippen LogP contribution in [0, 0.1) is 0 Å². The van der Waals surface area contributed by atoms with Gasteiger partial charge >= 0.3 is 6.18 Å². The first-order valence-electron chi connectivity index (χ1n) is 6.08. The molecule has 0 saturated carbocycles. The van der Waals surface area contributed by atoms with Gasteiger partial charge in [0.15, 0.2) is 0 Å². The number of amides is 1. The Morgan fingerprint density at radius 3 is 2.58 bits per heavy atom. The highest BCUT2D eigenvalue weighted by Gasteiger charge is 2.34. The number of carbonyl (C=O) groups excluding carboxylic acids is 1. The van der Waals surface area contributed by atoms with Gasteiger partial charge in [-0.3, -0.25) is 4.79 Å². The molecule has 1 aliphatic heterocycles. The fourth-order valence-corrected chi connectivity index (χ4v) is 2.35. The number of rotatable bonds is 1. The molecule has 0 bridgehead atoms. The average Bonchev–Trinajstić information content (AvgIpc) is 2.72. The van der Waals surface area contributed by atoms with Gasteiger partial charge < -0.3 is 10.6 Å². The summed E-state index contributed by atoms with van der Waals surface area (Å²) in [6.45, 7) is 2.57. The van der Waals surface area contributed by atoms with Crippen LogP contribution in [0.5, 0.6) is 0 Å². The number of anilines is 1. The molecule has 1 saturated heterocycles. The minimum atomic E-state index is -4.49. The van der Waals surface area contributed by atoms with Gasteiger partial charge in [-0.25, -0.2) is 0 Å². The molecule has 3 nitrogen and oxygen atoms in total. The number of nitrogen functional groups attached to an aromatic ring is 1. The van der Waals surface area contributed by atoms with Crippen LogP contribution in [0.4, 0.5) is 18.9 Å². The molecular weight excluding hydrogens is 257 g/mol. The molecule has 0 aromatic heterocycles. The van der Waals surface area contributed by atoms with Crippen molar-refractivity contribution >= 4 is 11.6 Å². The predicted molar refractivity (Wildman–Crippen MR) is 65.6 cm³/mol. The van der Waals surface area contributed by atoms with Gasteiger partial charge in [0.25, 0.3) is 5.91 Å². The maximum Gasteiger partial charge on any atom is 0.418 e. The maximum atomic E-state index is 12.6. The number of halogens is 3. The first-order chi connectivity index (χ1) is 8.80. The molecule has 1 aromatic rings. The topological polar surface area (TPSA) is 46.3 Å². The molecule has 19 heavy (non-hydrogen) atoms. The van der Waals surface area contributed by atoms with Crippen molar-refractivity contribution in [1.82, 2.24) is 4.90 Å². The second-order valence-corrected chi connectivity index (χ2v) is 4.79. The third-order valence-corrected chi connectivity index (χ3v) is 3.42. The quantitative estimate of drug-likeness (QED) is 0.799. The first kappa shape index (κ1) is 13.7. The number of nitrogens with zero attached hydrogens (tertiary/aromatic N) is 1. The number of hydrogen-bond donors (Lipinski definition) is 1. The van der Waals surface area contributed by atoms with Crippen LogP contribution in [0.1, 0.15) is 35.7 Å². The Hall–Kier alpha value is -1.72. The molecule has 1 unspecified atom stereocenters. The van der Waals surface area contributed by atoms with E-state index < -0.39 is 17.4 Å². The van der Waals surface area contributed by atoms with Crippen LogP contribution >= 0.6 is 0 Å². The SMILES string of the molecule is CC1CCCN1C(=O)c1ccc(C(F)(F)F)c(N)c1. The molecule has 0 aliphatic carbocycles. The summed E-state index contributed by atoms with van der Waals surface area (Å²) in [4.78, 5) is 13.8. The second kappa shape index (κ2) is 4.75. The first-order valence-corrected chi connectivity index (χ1v) is 6.08. The van der Waals surface area contributed by atoms with E-state index in [-0.39, 0.29) is 17.5 Å². The van der Waals surface area contributed by atoms with Crippen molar-refractivity contribution in [2.75, 3.05) is 12.3 Å². The van der Waals surface area contributed by atoms with E-state index in [0.717, 1.165) is 25.0 Å². The van der Waals surface area contributed by atoms with Crippen molar-refractivity contribution < 1.29 is 18.0 Å². The molecule has 1 atom stereocenters. The number of carbonyl (C=O) groups is 1. The van der Waals surface area contributed by atoms with Crippen LogP contribution in [-0.4, -0.2) is 23.4 Å². The highest BCUT2D eigenvalue weighted by Crippen LogP contribution is 2.34. The predicted octanol–water partition coefficient (Wildman–Crippen LogP) is 2.91. The molecule has 2 N–H and O–H groups in total. The van der Waals surface area contributed by atoms with Gasteiger partial charge in [0.05, 0.1) is 5.56 Å². The summed E-state index contributed by atoms with van der Waals surface area (Å²) in [5, 5.41) is 0. The summed E-state index contributed by atoms with van der Waals surface area (Å²) in [5.74, 6) is -0.259. The van der Waals surface area contributed by atoms with Gasteiger partial charge in [0.1, 0.15) is 0 Å². The van der Waals surface area contributed by atoms with Crippen molar-refractivity contribution in [3.05, 3.63) is 29.3 Å².